The fourth-order valence-electron chi connectivity index (χ4n) is 2.08. The number of hydrogen-bond acceptors (Lipinski definition) is 3. The summed E-state index contributed by atoms with van der Waals surface area (Å²) in [5, 5.41) is 7.66. The van der Waals surface area contributed by atoms with Gasteiger partial charge in [0.25, 0.3) is 0 Å². The molecule has 0 aromatic carbocycles. The lowest BCUT2D eigenvalue weighted by atomic mass is 10.2. The molecule has 2 heterocycles. The van der Waals surface area contributed by atoms with Crippen LogP contribution in [0.4, 0.5) is 0 Å². The maximum atomic E-state index is 11.9. The molecule has 0 bridgehead atoms. The van der Waals surface area contributed by atoms with E-state index in [-0.39, 0.29) is 5.69 Å². The molecule has 0 spiro atoms. The summed E-state index contributed by atoms with van der Waals surface area (Å²) in [6, 6.07) is 0. The molecule has 2 rings (SSSR count). The van der Waals surface area contributed by atoms with Crippen molar-refractivity contribution < 1.29 is 0 Å². The lowest BCUT2D eigenvalue weighted by Gasteiger charge is -2.09. The molecule has 90 valence electrons. The van der Waals surface area contributed by atoms with Crippen LogP contribution in [0.15, 0.2) is 4.79 Å². The highest BCUT2D eigenvalue weighted by atomic mass is 16.2. The van der Waals surface area contributed by atoms with Gasteiger partial charge >= 0.3 is 5.69 Å². The van der Waals surface area contributed by atoms with E-state index in [1.54, 1.807) is 4.68 Å². The van der Waals surface area contributed by atoms with Gasteiger partial charge in [-0.1, -0.05) is 6.92 Å². The van der Waals surface area contributed by atoms with Crippen molar-refractivity contribution in [2.75, 3.05) is 13.1 Å². The van der Waals surface area contributed by atoms with Crippen LogP contribution >= 0.6 is 0 Å². The van der Waals surface area contributed by atoms with E-state index in [1.165, 1.54) is 0 Å². The summed E-state index contributed by atoms with van der Waals surface area (Å²) in [5.74, 6) is 0.965. The molecule has 5 heteroatoms. The van der Waals surface area contributed by atoms with Crippen LogP contribution in [-0.2, 0) is 19.5 Å². The van der Waals surface area contributed by atoms with E-state index in [1.807, 2.05) is 4.57 Å². The van der Waals surface area contributed by atoms with Crippen molar-refractivity contribution in [1.82, 2.24) is 19.7 Å². The zero-order chi connectivity index (χ0) is 11.4. The van der Waals surface area contributed by atoms with Crippen molar-refractivity contribution >= 4 is 0 Å². The van der Waals surface area contributed by atoms with E-state index in [4.69, 9.17) is 0 Å². The third-order valence-corrected chi connectivity index (χ3v) is 2.96. The van der Waals surface area contributed by atoms with E-state index in [0.29, 0.717) is 6.54 Å². The predicted molar refractivity (Wildman–Crippen MR) is 62.6 cm³/mol. The zero-order valence-electron chi connectivity index (χ0n) is 9.91. The Labute approximate surface area is 95.5 Å². The molecule has 1 aromatic rings. The monoisotopic (exact) mass is 224 g/mol. The van der Waals surface area contributed by atoms with Crippen LogP contribution < -0.4 is 11.0 Å². The number of nitrogens with zero attached hydrogens (tertiary/aromatic N) is 3. The van der Waals surface area contributed by atoms with Crippen LogP contribution in [0.2, 0.25) is 0 Å². The van der Waals surface area contributed by atoms with Gasteiger partial charge in [-0.3, -0.25) is 4.57 Å². The van der Waals surface area contributed by atoms with Crippen molar-refractivity contribution in [3.63, 3.8) is 0 Å². The van der Waals surface area contributed by atoms with Gasteiger partial charge < -0.3 is 5.32 Å². The molecule has 0 atom stereocenters. The number of aromatic nitrogens is 3. The Balaban J connectivity index is 1.99. The first-order chi connectivity index (χ1) is 7.83. The first kappa shape index (κ1) is 11.4. The van der Waals surface area contributed by atoms with Gasteiger partial charge in [-0.15, -0.1) is 0 Å². The minimum absolute atomic E-state index is 0.0630. The predicted octanol–water partition coefficient (Wildman–Crippen LogP) is 0.381. The van der Waals surface area contributed by atoms with Crippen LogP contribution in [0, 0.1) is 0 Å². The van der Waals surface area contributed by atoms with Crippen LogP contribution in [0.1, 0.15) is 32.0 Å². The summed E-state index contributed by atoms with van der Waals surface area (Å²) in [6.45, 7) is 5.48. The van der Waals surface area contributed by atoms with Crippen molar-refractivity contribution in [3.8, 4) is 0 Å². The van der Waals surface area contributed by atoms with Gasteiger partial charge in [-0.25, -0.2) is 9.48 Å². The van der Waals surface area contributed by atoms with Crippen LogP contribution in [0.3, 0.4) is 0 Å². The average Bonchev–Trinajstić information content (AvgIpc) is 2.63. The van der Waals surface area contributed by atoms with Crippen LogP contribution in [0.5, 0.6) is 0 Å². The number of aryl methyl sites for hydroxylation is 1. The second-order valence-electron chi connectivity index (χ2n) is 4.28. The smallest absolute Gasteiger partial charge is 0.315 e. The lowest BCUT2D eigenvalue weighted by molar-refractivity contribution is 0.508. The van der Waals surface area contributed by atoms with Gasteiger partial charge in [0.2, 0.25) is 0 Å². The molecule has 0 radical (unpaired) electrons. The first-order valence-corrected chi connectivity index (χ1v) is 6.20. The van der Waals surface area contributed by atoms with E-state index in [0.717, 1.165) is 51.1 Å². The van der Waals surface area contributed by atoms with E-state index in [9.17, 15) is 4.79 Å². The van der Waals surface area contributed by atoms with Crippen molar-refractivity contribution in [2.45, 2.75) is 45.7 Å². The SMILES string of the molecule is CCCNCCn1nc2n(c1=O)CCCC2. The normalized spacial score (nSPS) is 15.1. The summed E-state index contributed by atoms with van der Waals surface area (Å²) in [5.41, 5.74) is 0.0630. The van der Waals surface area contributed by atoms with Crippen LogP contribution in [-0.4, -0.2) is 27.4 Å². The summed E-state index contributed by atoms with van der Waals surface area (Å²) < 4.78 is 3.42. The number of hydrogen-bond donors (Lipinski definition) is 1. The molecule has 1 aliphatic rings. The second-order valence-corrected chi connectivity index (χ2v) is 4.28. The van der Waals surface area contributed by atoms with Gasteiger partial charge in [0.05, 0.1) is 6.54 Å². The molecule has 1 aliphatic heterocycles. The number of nitrogens with one attached hydrogen (secondary N) is 1. The van der Waals surface area contributed by atoms with E-state index in [2.05, 4.69) is 17.3 Å². The summed E-state index contributed by atoms with van der Waals surface area (Å²) in [7, 11) is 0. The summed E-state index contributed by atoms with van der Waals surface area (Å²) >= 11 is 0. The third-order valence-electron chi connectivity index (χ3n) is 2.96. The molecular formula is C11H20N4O. The second kappa shape index (κ2) is 5.30. The highest BCUT2D eigenvalue weighted by Crippen LogP contribution is 2.08. The van der Waals surface area contributed by atoms with Crippen molar-refractivity contribution in [2.24, 2.45) is 0 Å². The Hall–Kier alpha value is -1.10. The average molecular weight is 224 g/mol. The standard InChI is InChI=1S/C11H20N4O/c1-2-6-12-7-9-15-11(16)14-8-4-3-5-10(14)13-15/h12H,2-9H2,1H3. The molecule has 16 heavy (non-hydrogen) atoms. The minimum atomic E-state index is 0.0630. The zero-order valence-corrected chi connectivity index (χ0v) is 9.91. The third kappa shape index (κ3) is 2.35. The van der Waals surface area contributed by atoms with Crippen LogP contribution in [0.25, 0.3) is 0 Å². The van der Waals surface area contributed by atoms with Crippen molar-refractivity contribution in [3.05, 3.63) is 16.3 Å². The van der Waals surface area contributed by atoms with E-state index >= 15 is 0 Å². The highest BCUT2D eigenvalue weighted by Gasteiger charge is 2.15. The molecule has 1 aromatic heterocycles. The Morgan fingerprint density at radius 1 is 1.38 bits per heavy atom. The summed E-state index contributed by atoms with van der Waals surface area (Å²) in [4.78, 5) is 11.9. The molecule has 0 amide bonds. The largest absolute Gasteiger partial charge is 0.345 e. The highest BCUT2D eigenvalue weighted by molar-refractivity contribution is 4.91. The molecule has 0 saturated carbocycles. The Bertz CT molecular complexity index is 393. The fraction of sp³-hybridized carbons (Fsp3) is 0.818. The molecule has 0 unspecified atom stereocenters. The van der Waals surface area contributed by atoms with Gasteiger partial charge in [0.1, 0.15) is 5.82 Å². The minimum Gasteiger partial charge on any atom is -0.315 e. The van der Waals surface area contributed by atoms with Gasteiger partial charge in [-0.05, 0) is 25.8 Å². The Morgan fingerprint density at radius 2 is 2.25 bits per heavy atom. The number of fused-ring (bicyclic) bond motifs is 1. The first-order valence-electron chi connectivity index (χ1n) is 6.20. The molecule has 0 fully saturated rings. The van der Waals surface area contributed by atoms with Gasteiger partial charge in [0.15, 0.2) is 0 Å². The van der Waals surface area contributed by atoms with E-state index < -0.39 is 0 Å². The van der Waals surface area contributed by atoms with Gasteiger partial charge in [-0.2, -0.15) is 5.10 Å². The molecule has 0 saturated heterocycles. The maximum Gasteiger partial charge on any atom is 0.345 e. The summed E-state index contributed by atoms with van der Waals surface area (Å²) in [6.07, 6.45) is 4.33. The Kier molecular flexibility index (Phi) is 3.77. The van der Waals surface area contributed by atoms with Crippen molar-refractivity contribution in [1.29, 1.82) is 0 Å². The molecule has 1 N–H and O–H groups in total. The number of rotatable bonds is 5. The Morgan fingerprint density at radius 3 is 3.00 bits per heavy atom. The quantitative estimate of drug-likeness (QED) is 0.736. The molecular weight excluding hydrogens is 204 g/mol. The molecule has 0 aliphatic carbocycles. The molecule has 5 nitrogen and oxygen atoms in total. The van der Waals surface area contributed by atoms with Gasteiger partial charge in [0, 0.05) is 19.5 Å². The fourth-order valence-corrected chi connectivity index (χ4v) is 2.08. The maximum absolute atomic E-state index is 11.9. The topological polar surface area (TPSA) is 51.9 Å². The lowest BCUT2D eigenvalue weighted by Crippen LogP contribution is -2.30.